The fourth-order valence-corrected chi connectivity index (χ4v) is 3.93. The molecular weight excluding hydrogens is 459 g/mol. The van der Waals surface area contributed by atoms with Gasteiger partial charge in [0.15, 0.2) is 11.3 Å². The van der Waals surface area contributed by atoms with E-state index in [4.69, 9.17) is 42.2 Å². The molecule has 8 nitrogen and oxygen atoms in total. The molecule has 0 aliphatic heterocycles. The minimum atomic E-state index is -0.825. The van der Waals surface area contributed by atoms with Crippen LogP contribution in [-0.2, 0) is 4.79 Å². The zero-order valence-electron chi connectivity index (χ0n) is 17.6. The van der Waals surface area contributed by atoms with Crippen molar-refractivity contribution in [3.8, 4) is 11.5 Å². The van der Waals surface area contributed by atoms with E-state index in [1.54, 1.807) is 24.1 Å². The van der Waals surface area contributed by atoms with Crippen molar-refractivity contribution in [1.82, 2.24) is 4.98 Å². The molecule has 0 unspecified atom stereocenters. The maximum absolute atomic E-state index is 12.4. The van der Waals surface area contributed by atoms with Crippen molar-refractivity contribution in [1.29, 1.82) is 0 Å². The first-order chi connectivity index (χ1) is 15.3. The molecule has 0 aliphatic carbocycles. The molecule has 0 saturated heterocycles. The third kappa shape index (κ3) is 5.26. The van der Waals surface area contributed by atoms with Crippen LogP contribution in [0.15, 0.2) is 39.8 Å². The normalized spacial score (nSPS) is 10.9. The number of aliphatic carboxylic acids is 1. The van der Waals surface area contributed by atoms with Crippen molar-refractivity contribution in [2.45, 2.75) is 25.7 Å². The van der Waals surface area contributed by atoms with Crippen LogP contribution in [0.25, 0.3) is 11.0 Å². The van der Waals surface area contributed by atoms with Crippen LogP contribution in [0, 0.1) is 0 Å². The van der Waals surface area contributed by atoms with E-state index in [0.29, 0.717) is 64.2 Å². The van der Waals surface area contributed by atoms with Gasteiger partial charge >= 0.3 is 11.6 Å². The number of hydrogen-bond donors (Lipinski definition) is 1. The average molecular weight is 481 g/mol. The number of unbranched alkanes of at least 4 members (excludes halogenated alkanes) is 2. The number of benzene rings is 1. The van der Waals surface area contributed by atoms with Crippen molar-refractivity contribution in [3.05, 3.63) is 51.1 Å². The molecule has 0 bridgehead atoms. The van der Waals surface area contributed by atoms with Gasteiger partial charge in [0.2, 0.25) is 5.75 Å². The Morgan fingerprint density at radius 3 is 2.56 bits per heavy atom. The number of fused-ring (bicyclic) bond motifs is 1. The minimum absolute atomic E-state index is 0.113. The van der Waals surface area contributed by atoms with E-state index < -0.39 is 11.6 Å². The van der Waals surface area contributed by atoms with E-state index in [1.165, 1.54) is 25.6 Å². The number of hydrogen-bond acceptors (Lipinski definition) is 7. The molecule has 0 fully saturated rings. The Labute approximate surface area is 194 Å². The average Bonchev–Trinajstić information content (AvgIpc) is 2.75. The van der Waals surface area contributed by atoms with E-state index in [9.17, 15) is 9.59 Å². The number of aromatic nitrogens is 1. The monoisotopic (exact) mass is 480 g/mol. The second kappa shape index (κ2) is 10.6. The Kier molecular flexibility index (Phi) is 7.82. The van der Waals surface area contributed by atoms with Gasteiger partial charge in [-0.2, -0.15) is 0 Å². The lowest BCUT2D eigenvalue weighted by molar-refractivity contribution is -0.137. The lowest BCUT2D eigenvalue weighted by Gasteiger charge is -2.23. The van der Waals surface area contributed by atoms with Crippen LogP contribution >= 0.6 is 23.2 Å². The number of halogens is 2. The first-order valence-corrected chi connectivity index (χ1v) is 10.6. The number of ether oxygens (including phenoxy) is 2. The molecule has 2 aromatic heterocycles. The molecule has 170 valence electrons. The summed E-state index contributed by atoms with van der Waals surface area (Å²) in [5, 5.41) is 9.98. The van der Waals surface area contributed by atoms with E-state index in [1.807, 2.05) is 0 Å². The second-order valence-electron chi connectivity index (χ2n) is 6.99. The smallest absolute Gasteiger partial charge is 0.338 e. The largest absolute Gasteiger partial charge is 0.493 e. The fraction of sp³-hybridized carbons (Fsp3) is 0.318. The van der Waals surface area contributed by atoms with Gasteiger partial charge in [-0.3, -0.25) is 9.78 Å². The van der Waals surface area contributed by atoms with Gasteiger partial charge in [-0.25, -0.2) is 4.79 Å². The van der Waals surface area contributed by atoms with E-state index >= 15 is 0 Å². The van der Waals surface area contributed by atoms with Crippen LogP contribution in [0.3, 0.4) is 0 Å². The van der Waals surface area contributed by atoms with Crippen LogP contribution < -0.4 is 20.0 Å². The molecule has 1 aromatic carbocycles. The highest BCUT2D eigenvalue weighted by Crippen LogP contribution is 2.42. The summed E-state index contributed by atoms with van der Waals surface area (Å²) in [5.41, 5.74) is 0.651. The van der Waals surface area contributed by atoms with Gasteiger partial charge in [0.25, 0.3) is 0 Å². The summed E-state index contributed by atoms with van der Waals surface area (Å²) in [5.74, 6) is -0.122. The molecule has 2 heterocycles. The number of anilines is 2. The van der Waals surface area contributed by atoms with Crippen LogP contribution in [0.1, 0.15) is 25.7 Å². The number of carboxylic acid groups (broad SMARTS) is 1. The van der Waals surface area contributed by atoms with Crippen LogP contribution in [0.5, 0.6) is 11.5 Å². The predicted octanol–water partition coefficient (Wildman–Crippen LogP) is 5.30. The van der Waals surface area contributed by atoms with Crippen molar-refractivity contribution < 1.29 is 23.8 Å². The van der Waals surface area contributed by atoms with Crippen molar-refractivity contribution in [3.63, 3.8) is 0 Å². The fourth-order valence-electron chi connectivity index (χ4n) is 3.32. The Balaban J connectivity index is 1.98. The summed E-state index contributed by atoms with van der Waals surface area (Å²) in [6.07, 6.45) is 4.93. The maximum Gasteiger partial charge on any atom is 0.338 e. The first-order valence-electron chi connectivity index (χ1n) is 9.85. The van der Waals surface area contributed by atoms with E-state index in [2.05, 4.69) is 4.98 Å². The second-order valence-corrected chi connectivity index (χ2v) is 7.80. The SMILES string of the molecule is COc1ccc2c(N(C)c3c(Cl)cncc3Cl)cc(=O)oc2c1OCCCCCC(=O)O. The summed E-state index contributed by atoms with van der Waals surface area (Å²) in [6.45, 7) is 0.306. The van der Waals surface area contributed by atoms with Crippen molar-refractivity contribution >= 4 is 51.5 Å². The predicted molar refractivity (Wildman–Crippen MR) is 123 cm³/mol. The number of carbonyl (C=O) groups is 1. The molecule has 3 rings (SSSR count). The molecule has 0 spiro atoms. The van der Waals surface area contributed by atoms with Gasteiger partial charge in [0.1, 0.15) is 0 Å². The van der Waals surface area contributed by atoms with Crippen molar-refractivity contribution in [2.24, 2.45) is 0 Å². The summed E-state index contributed by atoms with van der Waals surface area (Å²) in [6, 6.07) is 4.82. The quantitative estimate of drug-likeness (QED) is 0.308. The zero-order valence-corrected chi connectivity index (χ0v) is 19.1. The summed E-state index contributed by atoms with van der Waals surface area (Å²) in [4.78, 5) is 28.7. The Morgan fingerprint density at radius 2 is 1.91 bits per heavy atom. The summed E-state index contributed by atoms with van der Waals surface area (Å²) in [7, 11) is 3.22. The third-order valence-corrected chi connectivity index (χ3v) is 5.39. The summed E-state index contributed by atoms with van der Waals surface area (Å²) < 4.78 is 16.8. The minimum Gasteiger partial charge on any atom is -0.493 e. The van der Waals surface area contributed by atoms with Gasteiger partial charge in [-0.15, -0.1) is 0 Å². The highest BCUT2D eigenvalue weighted by molar-refractivity contribution is 6.39. The molecule has 3 aromatic rings. The molecule has 32 heavy (non-hydrogen) atoms. The van der Waals surface area contributed by atoms with Crippen LogP contribution in [-0.4, -0.2) is 36.8 Å². The Morgan fingerprint density at radius 1 is 1.19 bits per heavy atom. The van der Waals surface area contributed by atoms with Gasteiger partial charge in [-0.1, -0.05) is 23.2 Å². The van der Waals surface area contributed by atoms with Gasteiger partial charge in [-0.05, 0) is 31.4 Å². The molecule has 10 heteroatoms. The highest BCUT2D eigenvalue weighted by atomic mass is 35.5. The lowest BCUT2D eigenvalue weighted by atomic mass is 10.1. The molecule has 0 atom stereocenters. The van der Waals surface area contributed by atoms with E-state index in [-0.39, 0.29) is 12.0 Å². The first kappa shape index (κ1) is 23.7. The molecule has 1 N–H and O–H groups in total. The Hall–Kier alpha value is -2.97. The zero-order chi connectivity index (χ0) is 23.3. The number of carboxylic acids is 1. The summed E-state index contributed by atoms with van der Waals surface area (Å²) >= 11 is 12.6. The molecule has 0 saturated carbocycles. The van der Waals surface area contributed by atoms with Crippen LogP contribution in [0.4, 0.5) is 11.4 Å². The number of pyridine rings is 1. The molecule has 0 radical (unpaired) electrons. The van der Waals surface area contributed by atoms with Gasteiger partial charge < -0.3 is 23.9 Å². The number of methoxy groups -OCH3 is 1. The third-order valence-electron chi connectivity index (χ3n) is 4.84. The maximum atomic E-state index is 12.4. The number of nitrogens with zero attached hydrogens (tertiary/aromatic N) is 2. The molecule has 0 amide bonds. The molecular formula is C22H22Cl2N2O6. The highest BCUT2D eigenvalue weighted by Gasteiger charge is 2.21. The van der Waals surface area contributed by atoms with Gasteiger partial charge in [0.05, 0.1) is 35.1 Å². The lowest BCUT2D eigenvalue weighted by Crippen LogP contribution is -2.14. The molecule has 0 aliphatic rings. The van der Waals surface area contributed by atoms with E-state index in [0.717, 1.165) is 0 Å². The van der Waals surface area contributed by atoms with Crippen LogP contribution in [0.2, 0.25) is 10.0 Å². The number of rotatable bonds is 10. The van der Waals surface area contributed by atoms with Crippen molar-refractivity contribution in [2.75, 3.05) is 25.7 Å². The Bertz CT molecular complexity index is 1160. The topological polar surface area (TPSA) is 102 Å². The standard InChI is InChI=1S/C22H22Cl2N2O6/c1-26(20-14(23)11-25-12-15(20)24)16-10-19(29)32-21-13(16)7-8-17(30-2)22(21)31-9-5-3-4-6-18(27)28/h7-8,10-12H,3-6,9H2,1-2H3,(H,27,28). The van der Waals surface area contributed by atoms with Gasteiger partial charge in [0, 0.05) is 37.3 Å².